The first-order valence-corrected chi connectivity index (χ1v) is 6.59. The minimum absolute atomic E-state index is 0.163. The fraction of sp³-hybridized carbons (Fsp3) is 0.250. The molecule has 0 amide bonds. The Bertz CT molecular complexity index is 562. The van der Waals surface area contributed by atoms with Gasteiger partial charge in [-0.15, -0.1) is 0 Å². The molecule has 1 aromatic heterocycles. The fourth-order valence-corrected chi connectivity index (χ4v) is 1.82. The van der Waals surface area contributed by atoms with E-state index >= 15 is 0 Å². The number of hydrogen-bond acceptors (Lipinski definition) is 4. The highest BCUT2D eigenvalue weighted by Gasteiger charge is 2.02. The summed E-state index contributed by atoms with van der Waals surface area (Å²) in [4.78, 5) is 15.7. The molecular formula is C16H18N2O2. The maximum atomic E-state index is 11.5. The number of pyridine rings is 1. The van der Waals surface area contributed by atoms with Gasteiger partial charge in [-0.05, 0) is 29.8 Å². The second-order valence-corrected chi connectivity index (χ2v) is 4.42. The summed E-state index contributed by atoms with van der Waals surface area (Å²) in [5.41, 5.74) is 2.80. The van der Waals surface area contributed by atoms with Crippen molar-refractivity contribution in [3.05, 3.63) is 53.7 Å². The molecule has 0 aliphatic carbocycles. The monoisotopic (exact) mass is 270 g/mol. The minimum Gasteiger partial charge on any atom is -0.481 e. The van der Waals surface area contributed by atoms with E-state index in [1.165, 1.54) is 0 Å². The van der Waals surface area contributed by atoms with Gasteiger partial charge in [0, 0.05) is 36.5 Å². The number of hydrogen-bond donors (Lipinski definition) is 1. The molecule has 4 heteroatoms. The van der Waals surface area contributed by atoms with E-state index < -0.39 is 0 Å². The summed E-state index contributed by atoms with van der Waals surface area (Å²) in [7, 11) is 1.60. The van der Waals surface area contributed by atoms with E-state index in [4.69, 9.17) is 4.74 Å². The van der Waals surface area contributed by atoms with Gasteiger partial charge in [0.15, 0.2) is 5.78 Å². The number of ketones is 1. The Labute approximate surface area is 118 Å². The Hall–Kier alpha value is -2.36. The van der Waals surface area contributed by atoms with Gasteiger partial charge in [0.2, 0.25) is 5.88 Å². The maximum absolute atomic E-state index is 11.5. The van der Waals surface area contributed by atoms with Crippen LogP contribution in [0.15, 0.2) is 42.6 Å². The Balaban J connectivity index is 1.94. The van der Waals surface area contributed by atoms with Gasteiger partial charge in [0.1, 0.15) is 0 Å². The number of aromatic nitrogens is 1. The Morgan fingerprint density at radius 3 is 2.50 bits per heavy atom. The second kappa shape index (κ2) is 6.70. The molecule has 0 spiro atoms. The van der Waals surface area contributed by atoms with Crippen LogP contribution in [0.2, 0.25) is 0 Å². The largest absolute Gasteiger partial charge is 0.481 e. The number of carbonyl (C=O) groups is 1. The van der Waals surface area contributed by atoms with Crippen LogP contribution in [-0.4, -0.2) is 17.9 Å². The standard InChI is InChI=1S/C16H18N2O2/c1-3-15(19)13-5-7-14(8-6-13)17-10-12-4-9-16(20-2)18-11-12/h4-9,11,17H,3,10H2,1-2H3. The van der Waals surface area contributed by atoms with Gasteiger partial charge in [0.25, 0.3) is 0 Å². The molecule has 2 aromatic rings. The molecular weight excluding hydrogens is 252 g/mol. The van der Waals surface area contributed by atoms with E-state index in [-0.39, 0.29) is 5.78 Å². The molecule has 0 saturated carbocycles. The second-order valence-electron chi connectivity index (χ2n) is 4.42. The van der Waals surface area contributed by atoms with Crippen LogP contribution in [0.5, 0.6) is 5.88 Å². The Morgan fingerprint density at radius 1 is 1.20 bits per heavy atom. The van der Waals surface area contributed by atoms with Gasteiger partial charge in [-0.3, -0.25) is 4.79 Å². The lowest BCUT2D eigenvalue weighted by Crippen LogP contribution is -2.01. The number of nitrogens with one attached hydrogen (secondary N) is 1. The first kappa shape index (κ1) is 14.1. The average Bonchev–Trinajstić information content (AvgIpc) is 2.53. The van der Waals surface area contributed by atoms with Gasteiger partial charge in [-0.25, -0.2) is 4.98 Å². The average molecular weight is 270 g/mol. The molecule has 0 unspecified atom stereocenters. The van der Waals surface area contributed by atoms with Crippen molar-refractivity contribution in [2.45, 2.75) is 19.9 Å². The number of methoxy groups -OCH3 is 1. The van der Waals surface area contributed by atoms with Crippen LogP contribution < -0.4 is 10.1 Å². The zero-order chi connectivity index (χ0) is 14.4. The number of benzene rings is 1. The normalized spacial score (nSPS) is 10.1. The lowest BCUT2D eigenvalue weighted by atomic mass is 10.1. The number of carbonyl (C=O) groups excluding carboxylic acids is 1. The summed E-state index contributed by atoms with van der Waals surface area (Å²) in [5.74, 6) is 0.770. The highest BCUT2D eigenvalue weighted by molar-refractivity contribution is 5.96. The summed E-state index contributed by atoms with van der Waals surface area (Å²) in [6.07, 6.45) is 2.31. The Morgan fingerprint density at radius 2 is 1.95 bits per heavy atom. The van der Waals surface area contributed by atoms with Crippen LogP contribution >= 0.6 is 0 Å². The van der Waals surface area contributed by atoms with Gasteiger partial charge in [-0.2, -0.15) is 0 Å². The molecule has 1 heterocycles. The third-order valence-electron chi connectivity index (χ3n) is 3.03. The van der Waals surface area contributed by atoms with E-state index in [0.717, 1.165) is 16.8 Å². The molecule has 20 heavy (non-hydrogen) atoms. The van der Waals surface area contributed by atoms with Crippen molar-refractivity contribution < 1.29 is 9.53 Å². The summed E-state index contributed by atoms with van der Waals surface area (Å²) in [6.45, 7) is 2.54. The van der Waals surface area contributed by atoms with Crippen molar-refractivity contribution in [1.82, 2.24) is 4.98 Å². The lowest BCUT2D eigenvalue weighted by molar-refractivity contribution is 0.0988. The summed E-state index contributed by atoms with van der Waals surface area (Å²) in [6, 6.07) is 11.3. The highest BCUT2D eigenvalue weighted by atomic mass is 16.5. The molecule has 0 radical (unpaired) electrons. The molecule has 1 N–H and O–H groups in total. The van der Waals surface area contributed by atoms with Gasteiger partial charge in [0.05, 0.1) is 7.11 Å². The number of rotatable bonds is 6. The van der Waals surface area contributed by atoms with Crippen LogP contribution in [0.4, 0.5) is 5.69 Å². The molecule has 1 aromatic carbocycles. The van der Waals surface area contributed by atoms with Crippen molar-refractivity contribution in [2.24, 2.45) is 0 Å². The quantitative estimate of drug-likeness (QED) is 0.818. The van der Waals surface area contributed by atoms with E-state index in [1.807, 2.05) is 43.3 Å². The molecule has 0 aliphatic heterocycles. The predicted octanol–water partition coefficient (Wildman–Crippen LogP) is 3.30. The number of anilines is 1. The van der Waals surface area contributed by atoms with Crippen molar-refractivity contribution in [1.29, 1.82) is 0 Å². The third kappa shape index (κ3) is 3.57. The summed E-state index contributed by atoms with van der Waals surface area (Å²) >= 11 is 0. The lowest BCUT2D eigenvalue weighted by Gasteiger charge is -2.07. The van der Waals surface area contributed by atoms with Gasteiger partial charge >= 0.3 is 0 Å². The third-order valence-corrected chi connectivity index (χ3v) is 3.03. The summed E-state index contributed by atoms with van der Waals surface area (Å²) < 4.78 is 5.01. The zero-order valence-corrected chi connectivity index (χ0v) is 11.7. The van der Waals surface area contributed by atoms with E-state index in [0.29, 0.717) is 18.8 Å². The smallest absolute Gasteiger partial charge is 0.212 e. The fourth-order valence-electron chi connectivity index (χ4n) is 1.82. The zero-order valence-electron chi connectivity index (χ0n) is 11.7. The predicted molar refractivity (Wildman–Crippen MR) is 79.2 cm³/mol. The van der Waals surface area contributed by atoms with Crippen LogP contribution in [0.3, 0.4) is 0 Å². The Kier molecular flexibility index (Phi) is 4.71. The van der Waals surface area contributed by atoms with Gasteiger partial charge in [-0.1, -0.05) is 13.0 Å². The molecule has 0 aliphatic rings. The highest BCUT2D eigenvalue weighted by Crippen LogP contribution is 2.13. The van der Waals surface area contributed by atoms with Crippen molar-refractivity contribution >= 4 is 11.5 Å². The van der Waals surface area contributed by atoms with Gasteiger partial charge < -0.3 is 10.1 Å². The number of nitrogens with zero attached hydrogens (tertiary/aromatic N) is 1. The first-order valence-electron chi connectivity index (χ1n) is 6.59. The maximum Gasteiger partial charge on any atom is 0.212 e. The van der Waals surface area contributed by atoms with Crippen LogP contribution in [-0.2, 0) is 6.54 Å². The minimum atomic E-state index is 0.163. The van der Waals surface area contributed by atoms with Crippen LogP contribution in [0.1, 0.15) is 29.3 Å². The topological polar surface area (TPSA) is 51.2 Å². The molecule has 2 rings (SSSR count). The first-order chi connectivity index (χ1) is 9.72. The molecule has 0 atom stereocenters. The van der Waals surface area contributed by atoms with Crippen molar-refractivity contribution in [2.75, 3.05) is 12.4 Å². The molecule has 0 saturated heterocycles. The van der Waals surface area contributed by atoms with E-state index in [9.17, 15) is 4.79 Å². The SMILES string of the molecule is CCC(=O)c1ccc(NCc2ccc(OC)nc2)cc1. The molecule has 0 fully saturated rings. The molecule has 4 nitrogen and oxygen atoms in total. The number of ether oxygens (including phenoxy) is 1. The van der Waals surface area contributed by atoms with Crippen molar-refractivity contribution in [3.8, 4) is 5.88 Å². The number of Topliss-reactive ketones (excluding diaryl/α,β-unsaturated/α-hetero) is 1. The van der Waals surface area contributed by atoms with E-state index in [2.05, 4.69) is 10.3 Å². The molecule has 104 valence electrons. The molecule has 0 bridgehead atoms. The van der Waals surface area contributed by atoms with Crippen LogP contribution in [0.25, 0.3) is 0 Å². The van der Waals surface area contributed by atoms with Crippen LogP contribution in [0, 0.1) is 0 Å². The van der Waals surface area contributed by atoms with Crippen molar-refractivity contribution in [3.63, 3.8) is 0 Å². The van der Waals surface area contributed by atoms with E-state index in [1.54, 1.807) is 13.3 Å². The summed E-state index contributed by atoms with van der Waals surface area (Å²) in [5, 5.41) is 3.29.